The maximum absolute atomic E-state index is 9.30. The molecule has 1 aromatic carbocycles. The smallest absolute Gasteiger partial charge is 0.0829 e. The van der Waals surface area contributed by atoms with E-state index >= 15 is 0 Å². The van der Waals surface area contributed by atoms with Gasteiger partial charge in [0.05, 0.1) is 17.6 Å². The molecule has 0 fully saturated rings. The fourth-order valence-corrected chi connectivity index (χ4v) is 1.75. The summed E-state index contributed by atoms with van der Waals surface area (Å²) >= 11 is 0. The lowest BCUT2D eigenvalue weighted by Crippen LogP contribution is -2.22. The lowest BCUT2D eigenvalue weighted by molar-refractivity contribution is 0.493. The zero-order chi connectivity index (χ0) is 11.1. The molecule has 1 aromatic rings. The summed E-state index contributed by atoms with van der Waals surface area (Å²) in [6, 6.07) is 14.2. The summed E-state index contributed by atoms with van der Waals surface area (Å²) in [5.74, 6) is 0. The topological polar surface area (TPSA) is 47.6 Å². The maximum atomic E-state index is 9.30. The monoisotopic (exact) mass is 198 g/mol. The van der Waals surface area contributed by atoms with Gasteiger partial charge in [-0.15, -0.1) is 0 Å². The van der Waals surface area contributed by atoms with Crippen LogP contribution in [0.5, 0.6) is 0 Å². The molecular weight excluding hydrogens is 184 g/mol. The van der Waals surface area contributed by atoms with Crippen molar-refractivity contribution >= 4 is 0 Å². The first kappa shape index (κ1) is 11.3. The van der Waals surface area contributed by atoms with E-state index in [2.05, 4.69) is 12.1 Å². The molecule has 0 saturated heterocycles. The standard InChI is InChI=1S/C13H14N2/c1-2-13(11-15,9-6-10-14)12-7-4-3-5-8-12/h3-5,7-8H,2,6,9H2,1H3/t13-/m0/s1. The Labute approximate surface area is 90.8 Å². The molecule has 15 heavy (non-hydrogen) atoms. The van der Waals surface area contributed by atoms with E-state index in [1.165, 1.54) is 0 Å². The molecule has 0 aliphatic carbocycles. The van der Waals surface area contributed by atoms with Crippen molar-refractivity contribution in [2.45, 2.75) is 31.6 Å². The summed E-state index contributed by atoms with van der Waals surface area (Å²) in [6.45, 7) is 1.99. The highest BCUT2D eigenvalue weighted by molar-refractivity contribution is 5.32. The lowest BCUT2D eigenvalue weighted by Gasteiger charge is -2.24. The van der Waals surface area contributed by atoms with Gasteiger partial charge in [-0.1, -0.05) is 37.3 Å². The van der Waals surface area contributed by atoms with Gasteiger partial charge in [-0.3, -0.25) is 0 Å². The molecule has 0 aliphatic heterocycles. The van der Waals surface area contributed by atoms with Crippen molar-refractivity contribution < 1.29 is 0 Å². The highest BCUT2D eigenvalue weighted by Gasteiger charge is 2.29. The molecule has 0 aliphatic rings. The van der Waals surface area contributed by atoms with Crippen LogP contribution in [0.3, 0.4) is 0 Å². The van der Waals surface area contributed by atoms with Crippen LogP contribution in [-0.4, -0.2) is 0 Å². The van der Waals surface area contributed by atoms with Crippen LogP contribution < -0.4 is 0 Å². The van der Waals surface area contributed by atoms with E-state index in [-0.39, 0.29) is 0 Å². The van der Waals surface area contributed by atoms with Crippen molar-refractivity contribution in [1.29, 1.82) is 10.5 Å². The van der Waals surface area contributed by atoms with Gasteiger partial charge in [-0.25, -0.2) is 0 Å². The molecule has 0 aromatic heterocycles. The molecule has 76 valence electrons. The Hall–Kier alpha value is -1.80. The van der Waals surface area contributed by atoms with Crippen LogP contribution in [0.15, 0.2) is 30.3 Å². The van der Waals surface area contributed by atoms with Gasteiger partial charge in [0, 0.05) is 6.42 Å². The molecule has 2 heteroatoms. The molecule has 0 radical (unpaired) electrons. The van der Waals surface area contributed by atoms with E-state index in [9.17, 15) is 5.26 Å². The first-order chi connectivity index (χ1) is 7.29. The fourth-order valence-electron chi connectivity index (χ4n) is 1.75. The lowest BCUT2D eigenvalue weighted by atomic mass is 9.76. The first-order valence-corrected chi connectivity index (χ1v) is 5.13. The summed E-state index contributed by atoms with van der Waals surface area (Å²) in [7, 11) is 0. The van der Waals surface area contributed by atoms with Gasteiger partial charge >= 0.3 is 0 Å². The highest BCUT2D eigenvalue weighted by atomic mass is 14.4. The summed E-state index contributed by atoms with van der Waals surface area (Å²) in [5.41, 5.74) is 0.530. The molecule has 2 nitrogen and oxygen atoms in total. The summed E-state index contributed by atoms with van der Waals surface area (Å²) in [5, 5.41) is 17.9. The second kappa shape index (κ2) is 5.17. The Bertz CT molecular complexity index is 383. The van der Waals surface area contributed by atoms with E-state index in [1.807, 2.05) is 37.3 Å². The van der Waals surface area contributed by atoms with Gasteiger partial charge < -0.3 is 0 Å². The minimum absolute atomic E-state index is 0.427. The minimum atomic E-state index is -0.489. The van der Waals surface area contributed by atoms with Gasteiger partial charge in [-0.05, 0) is 18.4 Å². The van der Waals surface area contributed by atoms with Gasteiger partial charge in [0.25, 0.3) is 0 Å². The van der Waals surface area contributed by atoms with Crippen LogP contribution in [-0.2, 0) is 5.41 Å². The minimum Gasteiger partial charge on any atom is -0.198 e. The zero-order valence-electron chi connectivity index (χ0n) is 8.90. The predicted octanol–water partition coefficient (Wildman–Crippen LogP) is 3.16. The average Bonchev–Trinajstić information content (AvgIpc) is 2.33. The van der Waals surface area contributed by atoms with Gasteiger partial charge in [0.1, 0.15) is 0 Å². The maximum Gasteiger partial charge on any atom is 0.0829 e. The predicted molar refractivity (Wildman–Crippen MR) is 58.9 cm³/mol. The summed E-state index contributed by atoms with van der Waals surface area (Å²) in [4.78, 5) is 0. The number of rotatable bonds is 4. The number of nitrogens with zero attached hydrogens (tertiary/aromatic N) is 2. The van der Waals surface area contributed by atoms with Crippen molar-refractivity contribution in [3.05, 3.63) is 35.9 Å². The average molecular weight is 198 g/mol. The Kier molecular flexibility index (Phi) is 3.89. The SMILES string of the molecule is CC[C@@](C#N)(CCC#N)c1ccccc1. The molecule has 0 N–H and O–H groups in total. The Morgan fingerprint density at radius 2 is 1.87 bits per heavy atom. The second-order valence-corrected chi connectivity index (χ2v) is 3.57. The third kappa shape index (κ3) is 2.36. The molecular formula is C13H14N2. The quantitative estimate of drug-likeness (QED) is 0.746. The largest absolute Gasteiger partial charge is 0.198 e. The third-order valence-electron chi connectivity index (χ3n) is 2.81. The van der Waals surface area contributed by atoms with Crippen LogP contribution in [0.2, 0.25) is 0 Å². The van der Waals surface area contributed by atoms with Crippen LogP contribution in [0.25, 0.3) is 0 Å². The van der Waals surface area contributed by atoms with Crippen LogP contribution >= 0.6 is 0 Å². The molecule has 0 amide bonds. The van der Waals surface area contributed by atoms with Crippen LogP contribution in [0, 0.1) is 22.7 Å². The van der Waals surface area contributed by atoms with Gasteiger partial charge in [0.2, 0.25) is 0 Å². The van der Waals surface area contributed by atoms with E-state index < -0.39 is 5.41 Å². The number of nitriles is 2. The van der Waals surface area contributed by atoms with Crippen LogP contribution in [0.1, 0.15) is 31.7 Å². The van der Waals surface area contributed by atoms with Crippen molar-refractivity contribution in [1.82, 2.24) is 0 Å². The summed E-state index contributed by atoms with van der Waals surface area (Å²) in [6.07, 6.45) is 1.78. The van der Waals surface area contributed by atoms with Crippen molar-refractivity contribution in [2.24, 2.45) is 0 Å². The van der Waals surface area contributed by atoms with E-state index in [4.69, 9.17) is 5.26 Å². The molecule has 1 atom stereocenters. The Balaban J connectivity index is 3.03. The number of hydrogen-bond acceptors (Lipinski definition) is 2. The number of hydrogen-bond donors (Lipinski definition) is 0. The molecule has 0 bridgehead atoms. The second-order valence-electron chi connectivity index (χ2n) is 3.57. The van der Waals surface area contributed by atoms with Gasteiger partial charge in [0.15, 0.2) is 0 Å². The fraction of sp³-hybridized carbons (Fsp3) is 0.385. The number of benzene rings is 1. The first-order valence-electron chi connectivity index (χ1n) is 5.13. The van der Waals surface area contributed by atoms with Crippen molar-refractivity contribution in [3.63, 3.8) is 0 Å². The van der Waals surface area contributed by atoms with Crippen molar-refractivity contribution in [3.8, 4) is 12.1 Å². The molecule has 0 spiro atoms. The summed E-state index contributed by atoms with van der Waals surface area (Å²) < 4.78 is 0. The molecule has 0 unspecified atom stereocenters. The molecule has 1 rings (SSSR count). The molecule has 0 heterocycles. The zero-order valence-corrected chi connectivity index (χ0v) is 8.90. The molecule has 0 saturated carbocycles. The van der Waals surface area contributed by atoms with Crippen molar-refractivity contribution in [2.75, 3.05) is 0 Å². The normalized spacial score (nSPS) is 13.5. The van der Waals surface area contributed by atoms with E-state index in [0.717, 1.165) is 12.0 Å². The Morgan fingerprint density at radius 3 is 2.33 bits per heavy atom. The highest BCUT2D eigenvalue weighted by Crippen LogP contribution is 2.31. The third-order valence-corrected chi connectivity index (χ3v) is 2.81. The van der Waals surface area contributed by atoms with E-state index in [0.29, 0.717) is 12.8 Å². The van der Waals surface area contributed by atoms with Gasteiger partial charge in [-0.2, -0.15) is 10.5 Å². The van der Waals surface area contributed by atoms with Crippen LogP contribution in [0.4, 0.5) is 0 Å². The van der Waals surface area contributed by atoms with E-state index in [1.54, 1.807) is 0 Å². The Morgan fingerprint density at radius 1 is 1.20 bits per heavy atom.